The lowest BCUT2D eigenvalue weighted by molar-refractivity contribution is -0.232. The molecule has 0 aromatic rings. The summed E-state index contributed by atoms with van der Waals surface area (Å²) in [6.07, 6.45) is 22.7. The van der Waals surface area contributed by atoms with Gasteiger partial charge < -0.3 is 0 Å². The van der Waals surface area contributed by atoms with Gasteiger partial charge in [0.05, 0.1) is 0 Å². The van der Waals surface area contributed by atoms with Crippen LogP contribution in [0.25, 0.3) is 0 Å². The van der Waals surface area contributed by atoms with Crippen molar-refractivity contribution in [2.24, 2.45) is 52.3 Å². The zero-order chi connectivity index (χ0) is 15.9. The number of hydrogen-bond acceptors (Lipinski definition) is 0. The Bertz CT molecular complexity index is 467. The first-order valence-corrected chi connectivity index (χ1v) is 11.7. The van der Waals surface area contributed by atoms with Gasteiger partial charge in [0.1, 0.15) is 0 Å². The van der Waals surface area contributed by atoms with Crippen LogP contribution < -0.4 is 0 Å². The minimum Gasteiger partial charge on any atom is -0.0654 e. The van der Waals surface area contributed by atoms with Crippen molar-refractivity contribution in [2.45, 2.75) is 96.8 Å². The highest BCUT2D eigenvalue weighted by atomic mass is 14.7. The van der Waals surface area contributed by atoms with Gasteiger partial charge in [-0.15, -0.1) is 0 Å². The Morgan fingerprint density at radius 3 is 1.67 bits per heavy atom. The third-order valence-corrected chi connectivity index (χ3v) is 10.5. The predicted molar refractivity (Wildman–Crippen MR) is 99.6 cm³/mol. The van der Waals surface area contributed by atoms with E-state index in [0.717, 1.165) is 52.3 Å². The average Bonchev–Trinajstić information content (AvgIpc) is 2.52. The minimum absolute atomic E-state index is 0.826. The quantitative estimate of drug-likeness (QED) is 0.531. The summed E-state index contributed by atoms with van der Waals surface area (Å²) in [5.41, 5.74) is 1.66. The molecule has 0 heterocycles. The molecule has 0 aliphatic heterocycles. The van der Waals surface area contributed by atoms with E-state index in [0.29, 0.717) is 0 Å². The molecule has 0 saturated heterocycles. The van der Waals surface area contributed by atoms with Gasteiger partial charge in [0.2, 0.25) is 0 Å². The maximum atomic E-state index is 2.42. The zero-order valence-electron chi connectivity index (χ0n) is 15.9. The lowest BCUT2D eigenvalue weighted by atomic mass is 9.32. The van der Waals surface area contributed by atoms with E-state index in [9.17, 15) is 0 Å². The number of unbranched alkanes of at least 4 members (excludes halogenated alkanes) is 1. The molecule has 8 rings (SSSR count). The van der Waals surface area contributed by atoms with E-state index in [1.54, 1.807) is 77.0 Å². The van der Waals surface area contributed by atoms with Crippen molar-refractivity contribution < 1.29 is 0 Å². The molecule has 8 aliphatic rings. The molecule has 0 aromatic carbocycles. The summed E-state index contributed by atoms with van der Waals surface area (Å²) < 4.78 is 0. The van der Waals surface area contributed by atoms with Crippen LogP contribution in [0.3, 0.4) is 0 Å². The lowest BCUT2D eigenvalue weighted by Crippen LogP contribution is -2.64. The molecule has 0 N–H and O–H groups in total. The normalized spacial score (nSPS) is 60.1. The zero-order valence-corrected chi connectivity index (χ0v) is 15.9. The van der Waals surface area contributed by atoms with Crippen LogP contribution >= 0.6 is 0 Å². The molecule has 0 amide bonds. The maximum absolute atomic E-state index is 2.42. The molecule has 0 aromatic heterocycles. The van der Waals surface area contributed by atoms with Crippen molar-refractivity contribution in [2.75, 3.05) is 0 Å². The molecule has 134 valence electrons. The summed E-state index contributed by atoms with van der Waals surface area (Å²) in [5.74, 6) is 8.03. The van der Waals surface area contributed by atoms with Crippen LogP contribution in [-0.2, 0) is 0 Å². The highest BCUT2D eigenvalue weighted by molar-refractivity contribution is 5.17. The third kappa shape index (κ3) is 1.87. The Balaban J connectivity index is 1.42. The molecule has 8 saturated carbocycles. The fourth-order valence-electron chi connectivity index (χ4n) is 10.6. The van der Waals surface area contributed by atoms with Crippen molar-refractivity contribution in [3.8, 4) is 0 Å². The van der Waals surface area contributed by atoms with E-state index in [4.69, 9.17) is 0 Å². The molecular formula is C24H38. The van der Waals surface area contributed by atoms with Crippen LogP contribution in [0.5, 0.6) is 0 Å². The standard InChI is InChI=1S/C24H38/c1-2-3-4-22-21-9-19-8-20(10-21)15-24(22,14-19)23-11-16-5-17(12-23)7-18(6-16)13-23/h16-22H,2-15H2,1H3. The molecule has 8 aliphatic carbocycles. The average molecular weight is 327 g/mol. The lowest BCUT2D eigenvalue weighted by Gasteiger charge is -2.73. The molecular weight excluding hydrogens is 288 g/mol. The predicted octanol–water partition coefficient (Wildman–Crippen LogP) is 6.84. The second kappa shape index (κ2) is 5.04. The van der Waals surface area contributed by atoms with Gasteiger partial charge in [0, 0.05) is 0 Å². The molecule has 24 heavy (non-hydrogen) atoms. The van der Waals surface area contributed by atoms with Gasteiger partial charge in [-0.3, -0.25) is 0 Å². The van der Waals surface area contributed by atoms with Crippen molar-refractivity contribution in [3.63, 3.8) is 0 Å². The van der Waals surface area contributed by atoms with Gasteiger partial charge in [0.15, 0.2) is 0 Å². The van der Waals surface area contributed by atoms with E-state index in [-0.39, 0.29) is 0 Å². The second-order valence-corrected chi connectivity index (χ2v) is 11.7. The SMILES string of the molecule is CCCCC1C2CC3CC(C2)CC1(C12CC4CC(CC(C4)C1)C2)C3. The summed E-state index contributed by atoms with van der Waals surface area (Å²) in [4.78, 5) is 0. The van der Waals surface area contributed by atoms with Crippen molar-refractivity contribution in [1.82, 2.24) is 0 Å². The smallest absolute Gasteiger partial charge is 0.0204 e. The van der Waals surface area contributed by atoms with E-state index in [2.05, 4.69) is 6.92 Å². The van der Waals surface area contributed by atoms with Gasteiger partial charge in [-0.25, -0.2) is 0 Å². The Morgan fingerprint density at radius 2 is 1.17 bits per heavy atom. The molecule has 3 unspecified atom stereocenters. The van der Waals surface area contributed by atoms with E-state index >= 15 is 0 Å². The Hall–Kier alpha value is 0. The van der Waals surface area contributed by atoms with Crippen LogP contribution in [0.1, 0.15) is 96.8 Å². The molecule has 8 fully saturated rings. The summed E-state index contributed by atoms with van der Waals surface area (Å²) in [6.45, 7) is 2.42. The molecule has 8 bridgehead atoms. The first kappa shape index (κ1) is 15.1. The summed E-state index contributed by atoms with van der Waals surface area (Å²) in [5, 5.41) is 0. The topological polar surface area (TPSA) is 0 Å². The number of rotatable bonds is 4. The van der Waals surface area contributed by atoms with Crippen molar-refractivity contribution in [3.05, 3.63) is 0 Å². The van der Waals surface area contributed by atoms with E-state index in [1.165, 1.54) is 12.8 Å². The second-order valence-electron chi connectivity index (χ2n) is 11.7. The van der Waals surface area contributed by atoms with Gasteiger partial charge in [-0.2, -0.15) is 0 Å². The third-order valence-electron chi connectivity index (χ3n) is 10.5. The molecule has 0 heteroatoms. The van der Waals surface area contributed by atoms with Gasteiger partial charge in [0.25, 0.3) is 0 Å². The van der Waals surface area contributed by atoms with Gasteiger partial charge in [-0.1, -0.05) is 19.8 Å². The summed E-state index contributed by atoms with van der Waals surface area (Å²) in [7, 11) is 0. The summed E-state index contributed by atoms with van der Waals surface area (Å²) in [6, 6.07) is 0. The fraction of sp³-hybridized carbons (Fsp3) is 1.00. The first-order valence-electron chi connectivity index (χ1n) is 11.7. The van der Waals surface area contributed by atoms with Crippen LogP contribution in [0.2, 0.25) is 0 Å². The van der Waals surface area contributed by atoms with Crippen LogP contribution in [-0.4, -0.2) is 0 Å². The Kier molecular flexibility index (Phi) is 3.17. The summed E-state index contributed by atoms with van der Waals surface area (Å²) >= 11 is 0. The van der Waals surface area contributed by atoms with Crippen molar-refractivity contribution in [1.29, 1.82) is 0 Å². The Labute approximate surface area is 149 Å². The monoisotopic (exact) mass is 326 g/mol. The molecule has 3 atom stereocenters. The largest absolute Gasteiger partial charge is 0.0654 e. The van der Waals surface area contributed by atoms with Crippen LogP contribution in [0.15, 0.2) is 0 Å². The molecule has 0 nitrogen and oxygen atoms in total. The maximum Gasteiger partial charge on any atom is -0.0204 e. The van der Waals surface area contributed by atoms with Gasteiger partial charge >= 0.3 is 0 Å². The molecule has 0 radical (unpaired) electrons. The minimum atomic E-state index is 0.826. The van der Waals surface area contributed by atoms with Crippen LogP contribution in [0.4, 0.5) is 0 Å². The fourth-order valence-corrected chi connectivity index (χ4v) is 10.6. The van der Waals surface area contributed by atoms with E-state index < -0.39 is 0 Å². The number of hydrogen-bond donors (Lipinski definition) is 0. The van der Waals surface area contributed by atoms with Crippen molar-refractivity contribution >= 4 is 0 Å². The highest BCUT2D eigenvalue weighted by Crippen LogP contribution is 2.76. The van der Waals surface area contributed by atoms with Gasteiger partial charge in [-0.05, 0) is 129 Å². The highest BCUT2D eigenvalue weighted by Gasteiger charge is 2.67. The van der Waals surface area contributed by atoms with E-state index in [1.807, 2.05) is 0 Å². The Morgan fingerprint density at radius 1 is 0.667 bits per heavy atom. The first-order chi connectivity index (χ1) is 11.7. The van der Waals surface area contributed by atoms with Crippen LogP contribution in [0, 0.1) is 52.3 Å². The molecule has 0 spiro atoms.